The standard InChI is InChI=1S/C26H28ClF2N7/c1-25(2,3)14-30-24-19-10-18(11-20(27)23(19)31-15-32-24)33-22(16-4-6-17(29)7-5-16)21-12-36(35-34-21)26(13-28)8-9-26/h4-7,10-12,15,22,33H,8-9,13-14H2,1-3H3,(H,30,31,32). The summed E-state index contributed by atoms with van der Waals surface area (Å²) in [5.41, 5.74) is 2.16. The Morgan fingerprint density at radius 3 is 2.56 bits per heavy atom. The van der Waals surface area contributed by atoms with E-state index in [4.69, 9.17) is 11.6 Å². The molecule has 0 aliphatic heterocycles. The minimum Gasteiger partial charge on any atom is -0.373 e. The highest BCUT2D eigenvalue weighted by atomic mass is 35.5. The van der Waals surface area contributed by atoms with Gasteiger partial charge < -0.3 is 10.6 Å². The highest BCUT2D eigenvalue weighted by molar-refractivity contribution is 6.35. The van der Waals surface area contributed by atoms with Gasteiger partial charge in [0.15, 0.2) is 0 Å². The average Bonchev–Trinajstić information content (AvgIpc) is 3.49. The number of hydrogen-bond donors (Lipinski definition) is 2. The zero-order valence-corrected chi connectivity index (χ0v) is 21.2. The topological polar surface area (TPSA) is 80.5 Å². The zero-order valence-electron chi connectivity index (χ0n) is 20.4. The quantitative estimate of drug-likeness (QED) is 0.296. The minimum absolute atomic E-state index is 0.0506. The first-order valence-corrected chi connectivity index (χ1v) is 12.2. The van der Waals surface area contributed by atoms with Crippen LogP contribution in [-0.2, 0) is 5.54 Å². The molecule has 7 nitrogen and oxygen atoms in total. The summed E-state index contributed by atoms with van der Waals surface area (Å²) in [7, 11) is 0. The van der Waals surface area contributed by atoms with Gasteiger partial charge in [-0.3, -0.25) is 0 Å². The summed E-state index contributed by atoms with van der Waals surface area (Å²) in [4.78, 5) is 8.80. The highest BCUT2D eigenvalue weighted by Crippen LogP contribution is 2.43. The maximum absolute atomic E-state index is 13.7. The van der Waals surface area contributed by atoms with Crippen LogP contribution in [0.4, 0.5) is 20.3 Å². The van der Waals surface area contributed by atoms with Crippen LogP contribution in [0.3, 0.4) is 0 Å². The van der Waals surface area contributed by atoms with Crippen molar-refractivity contribution in [3.05, 3.63) is 71.0 Å². The van der Waals surface area contributed by atoms with E-state index in [1.54, 1.807) is 29.1 Å². The van der Waals surface area contributed by atoms with Crippen molar-refractivity contribution >= 4 is 34.0 Å². The van der Waals surface area contributed by atoms with Gasteiger partial charge in [0.05, 0.1) is 28.3 Å². The monoisotopic (exact) mass is 511 g/mol. The van der Waals surface area contributed by atoms with Crippen molar-refractivity contribution in [1.82, 2.24) is 25.0 Å². The number of nitrogens with zero attached hydrogens (tertiary/aromatic N) is 5. The fourth-order valence-electron chi connectivity index (χ4n) is 4.06. The third-order valence-electron chi connectivity index (χ3n) is 6.36. The molecule has 2 heterocycles. The van der Waals surface area contributed by atoms with Crippen molar-refractivity contribution in [2.45, 2.75) is 45.2 Å². The van der Waals surface area contributed by atoms with E-state index >= 15 is 0 Å². The Morgan fingerprint density at radius 2 is 1.89 bits per heavy atom. The molecule has 0 saturated heterocycles. The first-order chi connectivity index (χ1) is 17.2. The van der Waals surface area contributed by atoms with Crippen molar-refractivity contribution in [3.8, 4) is 0 Å². The van der Waals surface area contributed by atoms with Crippen LogP contribution in [0.25, 0.3) is 10.9 Å². The van der Waals surface area contributed by atoms with Crippen molar-refractivity contribution in [3.63, 3.8) is 0 Å². The number of alkyl halides is 1. The normalized spacial score (nSPS) is 15.6. The first-order valence-electron chi connectivity index (χ1n) is 11.9. The van der Waals surface area contributed by atoms with Gasteiger partial charge in [0.25, 0.3) is 0 Å². The highest BCUT2D eigenvalue weighted by Gasteiger charge is 2.46. The Balaban J connectivity index is 1.53. The number of aromatic nitrogens is 5. The van der Waals surface area contributed by atoms with E-state index in [9.17, 15) is 8.78 Å². The Bertz CT molecular complexity index is 1380. The second kappa shape index (κ2) is 9.28. The number of nitrogens with one attached hydrogen (secondary N) is 2. The van der Waals surface area contributed by atoms with Crippen LogP contribution < -0.4 is 10.6 Å². The molecular weight excluding hydrogens is 484 g/mol. The smallest absolute Gasteiger partial charge is 0.137 e. The molecule has 1 unspecified atom stereocenters. The lowest BCUT2D eigenvalue weighted by Crippen LogP contribution is -2.20. The second-order valence-electron chi connectivity index (χ2n) is 10.6. The molecule has 1 aliphatic rings. The van der Waals surface area contributed by atoms with Gasteiger partial charge in [-0.1, -0.05) is 49.7 Å². The number of benzene rings is 2. The molecular formula is C26H28ClF2N7. The molecule has 1 fully saturated rings. The average molecular weight is 512 g/mol. The molecule has 1 saturated carbocycles. The molecule has 1 atom stereocenters. The summed E-state index contributed by atoms with van der Waals surface area (Å²) in [6.07, 6.45) is 4.71. The van der Waals surface area contributed by atoms with Gasteiger partial charge in [0.2, 0.25) is 0 Å². The summed E-state index contributed by atoms with van der Waals surface area (Å²) in [6, 6.07) is 9.42. The third kappa shape index (κ3) is 4.97. The van der Waals surface area contributed by atoms with Crippen LogP contribution in [0.15, 0.2) is 48.9 Å². The van der Waals surface area contributed by atoms with E-state index in [1.807, 2.05) is 6.07 Å². The second-order valence-corrected chi connectivity index (χ2v) is 11.0. The molecule has 2 aromatic carbocycles. The molecule has 0 amide bonds. The molecule has 0 spiro atoms. The van der Waals surface area contributed by atoms with Crippen molar-refractivity contribution in [2.24, 2.45) is 5.41 Å². The van der Waals surface area contributed by atoms with Crippen molar-refractivity contribution < 1.29 is 8.78 Å². The van der Waals surface area contributed by atoms with Crippen molar-refractivity contribution in [1.29, 1.82) is 0 Å². The Labute approximate surface area is 213 Å². The van der Waals surface area contributed by atoms with E-state index in [-0.39, 0.29) is 11.2 Å². The summed E-state index contributed by atoms with van der Waals surface area (Å²) in [5.74, 6) is 0.347. The molecule has 1 aliphatic carbocycles. The first kappa shape index (κ1) is 24.4. The lowest BCUT2D eigenvalue weighted by molar-refractivity contribution is 0.309. The van der Waals surface area contributed by atoms with Gasteiger partial charge in [-0.05, 0) is 48.1 Å². The van der Waals surface area contributed by atoms with Gasteiger partial charge in [0.1, 0.15) is 30.3 Å². The number of rotatable bonds is 8. The van der Waals surface area contributed by atoms with Crippen LogP contribution in [0.5, 0.6) is 0 Å². The molecule has 2 N–H and O–H groups in total. The number of fused-ring (bicyclic) bond motifs is 1. The molecule has 36 heavy (non-hydrogen) atoms. The largest absolute Gasteiger partial charge is 0.373 e. The lowest BCUT2D eigenvalue weighted by atomic mass is 9.97. The number of hydrogen-bond acceptors (Lipinski definition) is 6. The van der Waals surface area contributed by atoms with E-state index in [0.717, 1.165) is 23.8 Å². The molecule has 0 bridgehead atoms. The maximum atomic E-state index is 13.7. The summed E-state index contributed by atoms with van der Waals surface area (Å²) >= 11 is 6.63. The van der Waals surface area contributed by atoms with E-state index in [1.165, 1.54) is 18.5 Å². The molecule has 4 aromatic rings. The van der Waals surface area contributed by atoms with E-state index in [0.29, 0.717) is 34.3 Å². The molecule has 5 rings (SSSR count). The van der Waals surface area contributed by atoms with E-state index in [2.05, 4.69) is 51.7 Å². The van der Waals surface area contributed by atoms with E-state index < -0.39 is 18.3 Å². The predicted octanol–water partition coefficient (Wildman–Crippen LogP) is 6.13. The Hall–Kier alpha value is -3.33. The van der Waals surface area contributed by atoms with Gasteiger partial charge in [-0.15, -0.1) is 5.10 Å². The maximum Gasteiger partial charge on any atom is 0.137 e. The summed E-state index contributed by atoms with van der Waals surface area (Å²) in [5, 5.41) is 16.7. The third-order valence-corrected chi connectivity index (χ3v) is 6.65. The number of halogens is 3. The van der Waals surface area contributed by atoms with Crippen molar-refractivity contribution in [2.75, 3.05) is 23.9 Å². The van der Waals surface area contributed by atoms with Crippen LogP contribution in [0, 0.1) is 11.2 Å². The van der Waals surface area contributed by atoms with Crippen LogP contribution >= 0.6 is 11.6 Å². The van der Waals surface area contributed by atoms with Gasteiger partial charge in [0, 0.05) is 17.6 Å². The van der Waals surface area contributed by atoms with Gasteiger partial charge >= 0.3 is 0 Å². The molecule has 2 aromatic heterocycles. The van der Waals surface area contributed by atoms with Crippen LogP contribution in [-0.4, -0.2) is 38.2 Å². The zero-order chi connectivity index (χ0) is 25.5. The summed E-state index contributed by atoms with van der Waals surface area (Å²) in [6.45, 7) is 6.64. The lowest BCUT2D eigenvalue weighted by Gasteiger charge is -2.21. The van der Waals surface area contributed by atoms with Gasteiger partial charge in [-0.2, -0.15) is 0 Å². The SMILES string of the molecule is CC(C)(C)CNc1ncnc2c(Cl)cc(NC(c3ccc(F)cc3)c3cn(C4(CF)CC4)nn3)cc12. The molecule has 0 radical (unpaired) electrons. The fraction of sp³-hybridized carbons (Fsp3) is 0.385. The minimum atomic E-state index is -0.601. The molecule has 10 heteroatoms. The Morgan fingerprint density at radius 1 is 1.14 bits per heavy atom. The fourth-order valence-corrected chi connectivity index (χ4v) is 4.32. The number of anilines is 2. The van der Waals surface area contributed by atoms with Crippen LogP contribution in [0.2, 0.25) is 5.02 Å². The van der Waals surface area contributed by atoms with Crippen LogP contribution in [0.1, 0.15) is 50.9 Å². The van der Waals surface area contributed by atoms with Gasteiger partial charge in [-0.25, -0.2) is 23.4 Å². The molecule has 188 valence electrons. The predicted molar refractivity (Wildman–Crippen MR) is 138 cm³/mol. The summed E-state index contributed by atoms with van der Waals surface area (Å²) < 4.78 is 28.9. The Kier molecular flexibility index (Phi) is 6.28.